The minimum absolute atomic E-state index is 0.0644. The third-order valence-corrected chi connectivity index (χ3v) is 5.42. The van der Waals surface area contributed by atoms with Crippen LogP contribution >= 0.6 is 0 Å². The number of anilines is 1. The molecule has 26 heavy (non-hydrogen) atoms. The number of nitrogens with zero attached hydrogens (tertiary/aromatic N) is 3. The van der Waals surface area contributed by atoms with Gasteiger partial charge in [0.25, 0.3) is 0 Å². The van der Waals surface area contributed by atoms with Gasteiger partial charge in [0.15, 0.2) is 27.2 Å². The highest BCUT2D eigenvalue weighted by Gasteiger charge is 2.25. The van der Waals surface area contributed by atoms with Gasteiger partial charge in [0, 0.05) is 44.2 Å². The monoisotopic (exact) mass is 381 g/mol. The second-order valence-electron chi connectivity index (χ2n) is 6.80. The van der Waals surface area contributed by atoms with E-state index in [1.54, 1.807) is 0 Å². The fourth-order valence-corrected chi connectivity index (χ4v) is 3.40. The van der Waals surface area contributed by atoms with E-state index in [4.69, 9.17) is 9.26 Å². The molecule has 0 radical (unpaired) electrons. The minimum atomic E-state index is -3.36. The molecule has 0 amide bonds. The van der Waals surface area contributed by atoms with E-state index in [0.717, 1.165) is 19.1 Å². The van der Waals surface area contributed by atoms with E-state index in [-0.39, 0.29) is 28.4 Å². The van der Waals surface area contributed by atoms with Gasteiger partial charge >= 0.3 is 6.01 Å². The first-order valence-corrected chi connectivity index (χ1v) is 10.4. The molecule has 0 unspecified atom stereocenters. The number of phenolic OH excluding ortho intramolecular Hbond substituents is 1. The number of rotatable bonds is 5. The van der Waals surface area contributed by atoms with E-state index in [1.165, 1.54) is 18.2 Å². The van der Waals surface area contributed by atoms with Crippen molar-refractivity contribution in [3.8, 4) is 11.5 Å². The zero-order chi connectivity index (χ0) is 18.9. The second kappa shape index (κ2) is 7.14. The summed E-state index contributed by atoms with van der Waals surface area (Å²) < 4.78 is 34.2. The Morgan fingerprint density at radius 1 is 1.31 bits per heavy atom. The van der Waals surface area contributed by atoms with Crippen LogP contribution in [-0.2, 0) is 9.84 Å². The molecular weight excluding hydrogens is 358 g/mol. The Morgan fingerprint density at radius 3 is 2.54 bits per heavy atom. The molecule has 1 aromatic carbocycles. The summed E-state index contributed by atoms with van der Waals surface area (Å²) >= 11 is 0. The largest absolute Gasteiger partial charge is 0.504 e. The maximum Gasteiger partial charge on any atom is 0.324 e. The van der Waals surface area contributed by atoms with Crippen LogP contribution in [0.15, 0.2) is 27.6 Å². The quantitative estimate of drug-likeness (QED) is 0.841. The molecule has 1 aliphatic heterocycles. The van der Waals surface area contributed by atoms with Gasteiger partial charge in [-0.15, -0.1) is 0 Å². The van der Waals surface area contributed by atoms with E-state index in [9.17, 15) is 13.5 Å². The summed E-state index contributed by atoms with van der Waals surface area (Å²) in [6.07, 6.45) is 2.48. The zero-order valence-corrected chi connectivity index (χ0v) is 15.9. The molecule has 0 spiro atoms. The standard InChI is InChI=1S/C17H23N3O5S/c1-11(2)16-18-17(25-19-16)20-8-6-12(7-9-20)24-15-5-4-13(10-14(15)21)26(3,22)23/h4-5,10-12,21H,6-9H2,1-3H3. The number of phenols is 1. The van der Waals surface area contributed by atoms with Gasteiger partial charge in [-0.25, -0.2) is 8.42 Å². The number of aromatic hydroxyl groups is 1. The summed E-state index contributed by atoms with van der Waals surface area (Å²) in [4.78, 5) is 6.48. The number of hydrogen-bond donors (Lipinski definition) is 1. The Balaban J connectivity index is 1.60. The third kappa shape index (κ3) is 4.09. The summed E-state index contributed by atoms with van der Waals surface area (Å²) in [6.45, 7) is 5.42. The van der Waals surface area contributed by atoms with Crippen LogP contribution in [0.4, 0.5) is 6.01 Å². The van der Waals surface area contributed by atoms with Crippen molar-refractivity contribution in [3.05, 3.63) is 24.0 Å². The molecule has 1 aliphatic rings. The second-order valence-corrected chi connectivity index (χ2v) is 8.81. The summed E-state index contributed by atoms with van der Waals surface area (Å²) in [7, 11) is -3.36. The van der Waals surface area contributed by atoms with Crippen molar-refractivity contribution >= 4 is 15.9 Å². The number of hydrogen-bond acceptors (Lipinski definition) is 8. The Hall–Kier alpha value is -2.29. The number of aromatic nitrogens is 2. The van der Waals surface area contributed by atoms with Crippen LogP contribution in [0.25, 0.3) is 0 Å². The van der Waals surface area contributed by atoms with Crippen molar-refractivity contribution in [3.63, 3.8) is 0 Å². The topological polar surface area (TPSA) is 106 Å². The molecule has 1 aromatic heterocycles. The van der Waals surface area contributed by atoms with Crippen LogP contribution in [-0.4, -0.2) is 49.1 Å². The van der Waals surface area contributed by atoms with E-state index in [2.05, 4.69) is 10.1 Å². The van der Waals surface area contributed by atoms with E-state index >= 15 is 0 Å². The fourth-order valence-electron chi connectivity index (χ4n) is 2.76. The Bertz CT molecular complexity index is 870. The van der Waals surface area contributed by atoms with Gasteiger partial charge in [0.05, 0.1) is 4.90 Å². The van der Waals surface area contributed by atoms with E-state index in [0.29, 0.717) is 24.9 Å². The van der Waals surface area contributed by atoms with E-state index in [1.807, 2.05) is 18.7 Å². The normalized spacial score (nSPS) is 16.2. The molecule has 9 heteroatoms. The number of ether oxygens (including phenoxy) is 1. The molecule has 0 atom stereocenters. The Labute approximate surface area is 152 Å². The van der Waals surface area contributed by atoms with Gasteiger partial charge in [-0.3, -0.25) is 0 Å². The van der Waals surface area contributed by atoms with Crippen molar-refractivity contribution in [1.82, 2.24) is 10.1 Å². The molecular formula is C17H23N3O5S. The maximum absolute atomic E-state index is 11.5. The highest BCUT2D eigenvalue weighted by Crippen LogP contribution is 2.31. The SMILES string of the molecule is CC(C)c1noc(N2CCC(Oc3ccc(S(C)(=O)=O)cc3O)CC2)n1. The third-order valence-electron chi connectivity index (χ3n) is 4.31. The van der Waals surface area contributed by atoms with Gasteiger partial charge in [-0.2, -0.15) is 4.98 Å². The molecule has 142 valence electrons. The Morgan fingerprint density at radius 2 is 2.00 bits per heavy atom. The number of piperidine rings is 1. The van der Waals surface area contributed by atoms with Gasteiger partial charge in [0.1, 0.15) is 6.10 Å². The van der Waals surface area contributed by atoms with Crippen molar-refractivity contribution in [2.45, 2.75) is 43.6 Å². The molecule has 3 rings (SSSR count). The molecule has 8 nitrogen and oxygen atoms in total. The first-order chi connectivity index (χ1) is 12.2. The average Bonchev–Trinajstić information content (AvgIpc) is 3.07. The highest BCUT2D eigenvalue weighted by molar-refractivity contribution is 7.90. The van der Waals surface area contributed by atoms with Crippen LogP contribution in [0, 0.1) is 0 Å². The fraction of sp³-hybridized carbons (Fsp3) is 0.529. The molecule has 0 aliphatic carbocycles. The molecule has 1 N–H and O–H groups in total. The Kier molecular flexibility index (Phi) is 5.08. The van der Waals surface area contributed by atoms with Gasteiger partial charge in [-0.1, -0.05) is 19.0 Å². The highest BCUT2D eigenvalue weighted by atomic mass is 32.2. The van der Waals surface area contributed by atoms with Crippen molar-refractivity contribution in [2.24, 2.45) is 0 Å². The predicted octanol–water partition coefficient (Wildman–Crippen LogP) is 2.35. The van der Waals surface area contributed by atoms with Crippen LogP contribution in [0.2, 0.25) is 0 Å². The van der Waals surface area contributed by atoms with Crippen LogP contribution < -0.4 is 9.64 Å². The lowest BCUT2D eigenvalue weighted by Crippen LogP contribution is -2.38. The molecule has 0 bridgehead atoms. The van der Waals surface area contributed by atoms with Gasteiger partial charge < -0.3 is 19.3 Å². The summed E-state index contributed by atoms with van der Waals surface area (Å²) in [5.41, 5.74) is 0. The molecule has 1 saturated heterocycles. The van der Waals surface area contributed by atoms with Crippen molar-refractivity contribution in [2.75, 3.05) is 24.2 Å². The minimum Gasteiger partial charge on any atom is -0.504 e. The van der Waals surface area contributed by atoms with Crippen LogP contribution in [0.5, 0.6) is 11.5 Å². The molecule has 2 aromatic rings. The molecule has 2 heterocycles. The first kappa shape index (κ1) is 18.5. The lowest BCUT2D eigenvalue weighted by atomic mass is 10.1. The van der Waals surface area contributed by atoms with Crippen LogP contribution in [0.1, 0.15) is 38.4 Å². The first-order valence-electron chi connectivity index (χ1n) is 8.52. The summed E-state index contributed by atoms with van der Waals surface area (Å²) in [5, 5.41) is 14.0. The maximum atomic E-state index is 11.5. The molecule has 0 saturated carbocycles. The summed E-state index contributed by atoms with van der Waals surface area (Å²) in [6, 6.07) is 4.66. The number of sulfone groups is 1. The lowest BCUT2D eigenvalue weighted by Gasteiger charge is -2.30. The van der Waals surface area contributed by atoms with Gasteiger partial charge in [-0.05, 0) is 12.1 Å². The zero-order valence-electron chi connectivity index (χ0n) is 15.0. The van der Waals surface area contributed by atoms with Crippen molar-refractivity contribution < 1.29 is 22.8 Å². The molecule has 1 fully saturated rings. The number of benzene rings is 1. The predicted molar refractivity (Wildman–Crippen MR) is 95.5 cm³/mol. The van der Waals surface area contributed by atoms with Crippen molar-refractivity contribution in [1.29, 1.82) is 0 Å². The van der Waals surface area contributed by atoms with Crippen LogP contribution in [0.3, 0.4) is 0 Å². The van der Waals surface area contributed by atoms with E-state index < -0.39 is 9.84 Å². The van der Waals surface area contributed by atoms with Gasteiger partial charge in [0.2, 0.25) is 0 Å². The summed E-state index contributed by atoms with van der Waals surface area (Å²) in [5.74, 6) is 1.02. The lowest BCUT2D eigenvalue weighted by molar-refractivity contribution is 0.163. The average molecular weight is 381 g/mol. The smallest absolute Gasteiger partial charge is 0.324 e.